The molecule has 10 nitrogen and oxygen atoms in total. The minimum Gasteiger partial charge on any atom is -0.489 e. The van der Waals surface area contributed by atoms with E-state index in [0.29, 0.717) is 41.4 Å². The van der Waals surface area contributed by atoms with E-state index in [4.69, 9.17) is 9.47 Å². The van der Waals surface area contributed by atoms with E-state index in [1.54, 1.807) is 49.6 Å². The number of benzene rings is 2. The van der Waals surface area contributed by atoms with Gasteiger partial charge in [0.2, 0.25) is 6.04 Å². The Bertz CT molecular complexity index is 1130. The van der Waals surface area contributed by atoms with Crippen molar-refractivity contribution in [2.45, 2.75) is 13.0 Å². The lowest BCUT2D eigenvalue weighted by Gasteiger charge is -2.10. The third-order valence-electron chi connectivity index (χ3n) is 4.11. The number of aromatic amines is 2. The van der Waals surface area contributed by atoms with Crippen molar-refractivity contribution < 1.29 is 19.1 Å². The number of anilines is 1. The van der Waals surface area contributed by atoms with Crippen molar-refractivity contribution in [1.29, 1.82) is 0 Å². The maximum Gasteiger partial charge on any atom is 0.323 e. The van der Waals surface area contributed by atoms with Gasteiger partial charge in [-0.05, 0) is 37.3 Å². The number of ketones is 1. The van der Waals surface area contributed by atoms with Crippen molar-refractivity contribution in [3.05, 3.63) is 52.9 Å². The standard InChI is InChI=1S/C20H21N5O5/c1-12(26)18(25-24-15-5-3-4-6-17(15)30-10-9-29-2)19(27)21-13-7-8-14-16(11-13)23-20(28)22-14/h3-8,11,18H,9-10H2,1-2H3,(H,21,27)(H2,22,23,28)/b25-24+. The SMILES string of the molecule is COCCOc1ccccc1/N=N/C(C(C)=O)C(=O)Nc1ccc2[nH]c(=O)[nH]c2c1. The van der Waals surface area contributed by atoms with E-state index in [-0.39, 0.29) is 5.69 Å². The largest absolute Gasteiger partial charge is 0.489 e. The van der Waals surface area contributed by atoms with Crippen molar-refractivity contribution in [3.8, 4) is 5.75 Å². The average Bonchev–Trinajstić information content (AvgIpc) is 3.08. The highest BCUT2D eigenvalue weighted by molar-refractivity contribution is 6.10. The predicted molar refractivity (Wildman–Crippen MR) is 110 cm³/mol. The highest BCUT2D eigenvalue weighted by atomic mass is 16.5. The number of methoxy groups -OCH3 is 1. The Morgan fingerprint density at radius 2 is 1.87 bits per heavy atom. The van der Waals surface area contributed by atoms with Gasteiger partial charge < -0.3 is 24.8 Å². The summed E-state index contributed by atoms with van der Waals surface area (Å²) in [6, 6.07) is 10.4. The summed E-state index contributed by atoms with van der Waals surface area (Å²) < 4.78 is 10.5. The van der Waals surface area contributed by atoms with Crippen LogP contribution < -0.4 is 15.7 Å². The van der Waals surface area contributed by atoms with E-state index < -0.39 is 17.7 Å². The molecule has 156 valence electrons. The maximum atomic E-state index is 12.6. The van der Waals surface area contributed by atoms with E-state index in [9.17, 15) is 14.4 Å². The van der Waals surface area contributed by atoms with E-state index in [0.717, 1.165) is 0 Å². The molecule has 1 heterocycles. The highest BCUT2D eigenvalue weighted by Gasteiger charge is 2.23. The van der Waals surface area contributed by atoms with Crippen molar-refractivity contribution >= 4 is 34.1 Å². The Labute approximate surface area is 171 Å². The normalized spacial score (nSPS) is 12.2. The lowest BCUT2D eigenvalue weighted by molar-refractivity contribution is -0.126. The first kappa shape index (κ1) is 20.9. The molecule has 2 aromatic carbocycles. The monoisotopic (exact) mass is 411 g/mol. The van der Waals surface area contributed by atoms with Crippen LogP contribution >= 0.6 is 0 Å². The maximum absolute atomic E-state index is 12.6. The lowest BCUT2D eigenvalue weighted by atomic mass is 10.2. The molecule has 1 atom stereocenters. The molecule has 0 aliphatic heterocycles. The van der Waals surface area contributed by atoms with Crippen LogP contribution in [0.4, 0.5) is 11.4 Å². The van der Waals surface area contributed by atoms with Gasteiger partial charge in [0.25, 0.3) is 5.91 Å². The fourth-order valence-corrected chi connectivity index (χ4v) is 2.66. The number of hydrogen-bond donors (Lipinski definition) is 3. The number of fused-ring (bicyclic) bond motifs is 1. The number of carbonyl (C=O) groups is 2. The van der Waals surface area contributed by atoms with Crippen molar-refractivity contribution in [1.82, 2.24) is 9.97 Å². The van der Waals surface area contributed by atoms with Crippen LogP contribution in [0.2, 0.25) is 0 Å². The molecular formula is C20H21N5O5. The van der Waals surface area contributed by atoms with Gasteiger partial charge >= 0.3 is 5.69 Å². The fourth-order valence-electron chi connectivity index (χ4n) is 2.66. The molecule has 0 fully saturated rings. The summed E-state index contributed by atoms with van der Waals surface area (Å²) in [5.74, 6) is -0.644. The number of amides is 1. The van der Waals surface area contributed by atoms with Gasteiger partial charge in [-0.25, -0.2) is 4.79 Å². The lowest BCUT2D eigenvalue weighted by Crippen LogP contribution is -2.31. The van der Waals surface area contributed by atoms with Crippen LogP contribution in [0.1, 0.15) is 6.92 Å². The minimum atomic E-state index is -1.34. The smallest absolute Gasteiger partial charge is 0.323 e. The second-order valence-corrected chi connectivity index (χ2v) is 6.37. The van der Waals surface area contributed by atoms with Crippen LogP contribution in [0.3, 0.4) is 0 Å². The number of nitrogens with zero attached hydrogens (tertiary/aromatic N) is 2. The van der Waals surface area contributed by atoms with Gasteiger partial charge in [0.05, 0.1) is 17.6 Å². The zero-order valence-electron chi connectivity index (χ0n) is 16.5. The molecule has 3 aromatic rings. The zero-order chi connectivity index (χ0) is 21.5. The van der Waals surface area contributed by atoms with Gasteiger partial charge in [-0.2, -0.15) is 10.2 Å². The Morgan fingerprint density at radius 1 is 1.10 bits per heavy atom. The molecule has 10 heteroatoms. The zero-order valence-corrected chi connectivity index (χ0v) is 16.5. The molecule has 0 saturated carbocycles. The van der Waals surface area contributed by atoms with E-state index >= 15 is 0 Å². The van der Waals surface area contributed by atoms with Crippen molar-refractivity contribution in [2.75, 3.05) is 25.6 Å². The molecule has 1 amide bonds. The Balaban J connectivity index is 1.75. The Kier molecular flexibility index (Phi) is 6.71. The molecule has 0 saturated heterocycles. The molecule has 0 aliphatic carbocycles. The molecule has 1 unspecified atom stereocenters. The van der Waals surface area contributed by atoms with Gasteiger partial charge in [0, 0.05) is 12.8 Å². The van der Waals surface area contributed by atoms with Gasteiger partial charge in [0.15, 0.2) is 5.78 Å². The summed E-state index contributed by atoms with van der Waals surface area (Å²) in [5.41, 5.74) is 1.58. The van der Waals surface area contributed by atoms with Gasteiger partial charge in [-0.3, -0.25) is 9.59 Å². The number of H-pyrrole nitrogens is 2. The predicted octanol–water partition coefficient (Wildman–Crippen LogP) is 2.56. The number of ether oxygens (including phenoxy) is 2. The molecule has 3 rings (SSSR count). The number of aromatic nitrogens is 2. The first-order chi connectivity index (χ1) is 14.5. The summed E-state index contributed by atoms with van der Waals surface area (Å²) in [5, 5.41) is 10.6. The third-order valence-corrected chi connectivity index (χ3v) is 4.11. The van der Waals surface area contributed by atoms with Crippen molar-refractivity contribution in [2.24, 2.45) is 10.2 Å². The summed E-state index contributed by atoms with van der Waals surface area (Å²) in [6.07, 6.45) is 0. The van der Waals surface area contributed by atoms with Crippen LogP contribution in [0.25, 0.3) is 11.0 Å². The first-order valence-corrected chi connectivity index (χ1v) is 9.13. The van der Waals surface area contributed by atoms with Crippen LogP contribution in [0.5, 0.6) is 5.75 Å². The van der Waals surface area contributed by atoms with E-state index in [2.05, 4.69) is 25.5 Å². The number of Topliss-reactive ketones (excluding diaryl/α,β-unsaturated/α-hetero) is 1. The quantitative estimate of drug-likeness (QED) is 0.282. The highest BCUT2D eigenvalue weighted by Crippen LogP contribution is 2.27. The Morgan fingerprint density at radius 3 is 2.63 bits per heavy atom. The number of carbonyl (C=O) groups excluding carboxylic acids is 2. The molecule has 0 radical (unpaired) electrons. The van der Waals surface area contributed by atoms with E-state index in [1.807, 2.05) is 0 Å². The molecular weight excluding hydrogens is 390 g/mol. The molecule has 0 spiro atoms. The second kappa shape index (κ2) is 9.61. The van der Waals surface area contributed by atoms with Crippen LogP contribution in [0, 0.1) is 0 Å². The number of azo groups is 1. The number of rotatable bonds is 9. The Hall–Kier alpha value is -3.79. The minimum absolute atomic E-state index is 0.323. The van der Waals surface area contributed by atoms with Crippen LogP contribution in [-0.2, 0) is 14.3 Å². The third kappa shape index (κ3) is 5.17. The number of imidazole rings is 1. The first-order valence-electron chi connectivity index (χ1n) is 9.13. The van der Waals surface area contributed by atoms with Gasteiger partial charge in [0.1, 0.15) is 18.0 Å². The molecule has 3 N–H and O–H groups in total. The topological polar surface area (TPSA) is 138 Å². The van der Waals surface area contributed by atoms with Gasteiger partial charge in [-0.15, -0.1) is 0 Å². The molecule has 1 aromatic heterocycles. The number of hydrogen-bond acceptors (Lipinski definition) is 7. The number of para-hydroxylation sites is 1. The van der Waals surface area contributed by atoms with Crippen molar-refractivity contribution in [3.63, 3.8) is 0 Å². The molecule has 0 aliphatic rings. The summed E-state index contributed by atoms with van der Waals surface area (Å²) >= 11 is 0. The average molecular weight is 411 g/mol. The molecule has 30 heavy (non-hydrogen) atoms. The van der Waals surface area contributed by atoms with Gasteiger partial charge in [-0.1, -0.05) is 12.1 Å². The fraction of sp³-hybridized carbons (Fsp3) is 0.250. The summed E-state index contributed by atoms with van der Waals surface area (Å²) in [7, 11) is 1.57. The van der Waals surface area contributed by atoms with Crippen LogP contribution in [-0.4, -0.2) is 48.0 Å². The molecule has 0 bridgehead atoms. The second-order valence-electron chi connectivity index (χ2n) is 6.37. The number of nitrogens with one attached hydrogen (secondary N) is 3. The summed E-state index contributed by atoms with van der Waals surface area (Å²) in [4.78, 5) is 41.2. The summed E-state index contributed by atoms with van der Waals surface area (Å²) in [6.45, 7) is 1.99. The van der Waals surface area contributed by atoms with E-state index in [1.165, 1.54) is 6.92 Å². The van der Waals surface area contributed by atoms with Crippen LogP contribution in [0.15, 0.2) is 57.5 Å².